The molecule has 0 aliphatic heterocycles. The molecule has 4 nitrogen and oxygen atoms in total. The van der Waals surface area contributed by atoms with Crippen LogP contribution >= 0.6 is 27.5 Å². The number of nitro groups is 1. The van der Waals surface area contributed by atoms with Crippen molar-refractivity contribution in [1.29, 1.82) is 0 Å². The molecule has 0 amide bonds. The molecule has 17 heavy (non-hydrogen) atoms. The van der Waals surface area contributed by atoms with Crippen molar-refractivity contribution in [2.75, 3.05) is 0 Å². The van der Waals surface area contributed by atoms with Gasteiger partial charge >= 0.3 is 0 Å². The van der Waals surface area contributed by atoms with E-state index in [1.54, 1.807) is 0 Å². The summed E-state index contributed by atoms with van der Waals surface area (Å²) >= 11 is 9.25. The summed E-state index contributed by atoms with van der Waals surface area (Å²) in [6.07, 6.45) is 1.93. The van der Waals surface area contributed by atoms with Crippen LogP contribution in [-0.4, -0.2) is 14.7 Å². The molecule has 0 N–H and O–H groups in total. The molecule has 94 valence electrons. The molecule has 1 aromatic rings. The number of alkyl halides is 1. The highest BCUT2D eigenvalue weighted by Gasteiger charge is 2.26. The van der Waals surface area contributed by atoms with Gasteiger partial charge in [-0.05, 0) is 5.41 Å². The maximum Gasteiger partial charge on any atom is 0.292 e. The lowest BCUT2D eigenvalue weighted by Gasteiger charge is -2.25. The van der Waals surface area contributed by atoms with E-state index >= 15 is 0 Å². The van der Waals surface area contributed by atoms with Crippen LogP contribution in [0.15, 0.2) is 12.3 Å². The predicted molar refractivity (Wildman–Crippen MR) is 71.8 cm³/mol. The van der Waals surface area contributed by atoms with Gasteiger partial charge < -0.3 is 0 Å². The normalized spacial score (nSPS) is 13.5. The van der Waals surface area contributed by atoms with Gasteiger partial charge in [-0.1, -0.05) is 48.3 Å². The summed E-state index contributed by atoms with van der Waals surface area (Å²) in [4.78, 5) is 14.6. The van der Waals surface area contributed by atoms with E-state index in [1.165, 1.54) is 12.3 Å². The first kappa shape index (κ1) is 14.4. The van der Waals surface area contributed by atoms with Gasteiger partial charge in [0.05, 0.1) is 9.95 Å². The van der Waals surface area contributed by atoms with Crippen molar-refractivity contribution in [3.63, 3.8) is 0 Å². The second-order valence-corrected chi connectivity index (χ2v) is 6.46. The first-order chi connectivity index (χ1) is 7.71. The van der Waals surface area contributed by atoms with E-state index in [-0.39, 0.29) is 21.0 Å². The van der Waals surface area contributed by atoms with Gasteiger partial charge in [0.25, 0.3) is 5.69 Å². The Bertz CT molecular complexity index is 432. The fraction of sp³-hybridized carbons (Fsp3) is 0.545. The average molecular weight is 322 g/mol. The Labute approximate surface area is 114 Å². The van der Waals surface area contributed by atoms with Crippen molar-refractivity contribution < 1.29 is 4.92 Å². The molecule has 0 spiro atoms. The van der Waals surface area contributed by atoms with Gasteiger partial charge in [0.15, 0.2) is 0 Å². The lowest BCUT2D eigenvalue weighted by atomic mass is 9.89. The monoisotopic (exact) mass is 320 g/mol. The van der Waals surface area contributed by atoms with Crippen molar-refractivity contribution in [2.24, 2.45) is 5.41 Å². The van der Waals surface area contributed by atoms with E-state index in [9.17, 15) is 10.1 Å². The zero-order chi connectivity index (χ0) is 13.2. The molecule has 1 rings (SSSR count). The molecular formula is C11H14BrClN2O2. The molecule has 1 heterocycles. The maximum absolute atomic E-state index is 10.9. The first-order valence-electron chi connectivity index (χ1n) is 5.14. The highest BCUT2D eigenvalue weighted by molar-refractivity contribution is 9.09. The van der Waals surface area contributed by atoms with Crippen LogP contribution in [0.2, 0.25) is 5.02 Å². The predicted octanol–water partition coefficient (Wildman–Crippen LogP) is 4.00. The summed E-state index contributed by atoms with van der Waals surface area (Å²) in [5, 5.41) is 11.2. The topological polar surface area (TPSA) is 56.0 Å². The molecule has 1 aromatic heterocycles. The summed E-state index contributed by atoms with van der Waals surface area (Å²) < 4.78 is 0. The summed E-state index contributed by atoms with van der Waals surface area (Å²) in [6.45, 7) is 6.19. The number of hydrogen-bond acceptors (Lipinski definition) is 3. The lowest BCUT2D eigenvalue weighted by Crippen LogP contribution is -2.23. The Balaban J connectivity index is 3.03. The van der Waals surface area contributed by atoms with Crippen molar-refractivity contribution in [2.45, 2.75) is 32.0 Å². The maximum atomic E-state index is 10.9. The molecule has 0 saturated carbocycles. The molecule has 0 aliphatic carbocycles. The van der Waals surface area contributed by atoms with E-state index < -0.39 is 4.92 Å². The summed E-state index contributed by atoms with van der Waals surface area (Å²) in [7, 11) is 0. The minimum atomic E-state index is -0.448. The zero-order valence-electron chi connectivity index (χ0n) is 9.91. The van der Waals surface area contributed by atoms with Crippen LogP contribution in [0, 0.1) is 15.5 Å². The highest BCUT2D eigenvalue weighted by Crippen LogP contribution is 2.31. The van der Waals surface area contributed by atoms with Crippen LogP contribution in [0.25, 0.3) is 0 Å². The van der Waals surface area contributed by atoms with E-state index in [4.69, 9.17) is 11.6 Å². The van der Waals surface area contributed by atoms with Crippen molar-refractivity contribution in [1.82, 2.24) is 4.98 Å². The molecule has 0 radical (unpaired) electrons. The molecule has 0 fully saturated rings. The van der Waals surface area contributed by atoms with E-state index in [0.717, 1.165) is 0 Å². The molecule has 0 aromatic carbocycles. The molecular weight excluding hydrogens is 307 g/mol. The van der Waals surface area contributed by atoms with Gasteiger partial charge in [-0.3, -0.25) is 15.1 Å². The Hall–Kier alpha value is -0.680. The van der Waals surface area contributed by atoms with Crippen LogP contribution in [-0.2, 0) is 6.42 Å². The van der Waals surface area contributed by atoms with Crippen molar-refractivity contribution >= 4 is 33.2 Å². The third kappa shape index (κ3) is 3.92. The third-order valence-corrected chi connectivity index (χ3v) is 4.33. The zero-order valence-corrected chi connectivity index (χ0v) is 12.2. The van der Waals surface area contributed by atoms with E-state index in [2.05, 4.69) is 41.7 Å². The van der Waals surface area contributed by atoms with Crippen LogP contribution in [0.4, 0.5) is 5.69 Å². The molecule has 0 aliphatic rings. The van der Waals surface area contributed by atoms with Gasteiger partial charge in [-0.2, -0.15) is 0 Å². The number of pyridine rings is 1. The van der Waals surface area contributed by atoms with Gasteiger partial charge in [-0.25, -0.2) is 0 Å². The Kier molecular flexibility index (Phi) is 4.49. The quantitative estimate of drug-likeness (QED) is 0.480. The van der Waals surface area contributed by atoms with Gasteiger partial charge in [-0.15, -0.1) is 0 Å². The second-order valence-electron chi connectivity index (χ2n) is 4.91. The first-order valence-corrected chi connectivity index (χ1v) is 6.44. The minimum Gasteiger partial charge on any atom is -0.258 e. The van der Waals surface area contributed by atoms with Gasteiger partial charge in [0.1, 0.15) is 5.69 Å². The largest absolute Gasteiger partial charge is 0.292 e. The summed E-state index contributed by atoms with van der Waals surface area (Å²) in [5.74, 6) is 0. The summed E-state index contributed by atoms with van der Waals surface area (Å²) in [5.41, 5.74) is 0.442. The Morgan fingerprint density at radius 2 is 2.18 bits per heavy atom. The highest BCUT2D eigenvalue weighted by atomic mass is 79.9. The van der Waals surface area contributed by atoms with Crippen molar-refractivity contribution in [3.8, 4) is 0 Å². The Morgan fingerprint density at radius 1 is 1.59 bits per heavy atom. The molecule has 0 bridgehead atoms. The van der Waals surface area contributed by atoms with Crippen LogP contribution in [0.5, 0.6) is 0 Å². The molecule has 6 heteroatoms. The SMILES string of the molecule is CC(C)(C)C(Br)Cc1ncc(Cl)cc1[N+](=O)[O-]. The Morgan fingerprint density at radius 3 is 2.65 bits per heavy atom. The van der Waals surface area contributed by atoms with Gasteiger partial charge in [0, 0.05) is 23.5 Å². The van der Waals surface area contributed by atoms with Crippen LogP contribution in [0.1, 0.15) is 26.5 Å². The van der Waals surface area contributed by atoms with Crippen LogP contribution in [0.3, 0.4) is 0 Å². The number of nitrogens with zero attached hydrogens (tertiary/aromatic N) is 2. The lowest BCUT2D eigenvalue weighted by molar-refractivity contribution is -0.385. The number of halogens is 2. The molecule has 1 atom stereocenters. The second kappa shape index (κ2) is 5.31. The smallest absolute Gasteiger partial charge is 0.258 e. The fourth-order valence-electron chi connectivity index (χ4n) is 1.25. The number of hydrogen-bond donors (Lipinski definition) is 0. The number of rotatable bonds is 3. The third-order valence-electron chi connectivity index (χ3n) is 2.42. The van der Waals surface area contributed by atoms with Gasteiger partial charge in [0.2, 0.25) is 0 Å². The fourth-order valence-corrected chi connectivity index (χ4v) is 1.71. The van der Waals surface area contributed by atoms with Crippen LogP contribution < -0.4 is 0 Å². The minimum absolute atomic E-state index is 0.00911. The molecule has 1 unspecified atom stereocenters. The van der Waals surface area contributed by atoms with E-state index in [1.807, 2.05) is 0 Å². The summed E-state index contributed by atoms with van der Waals surface area (Å²) in [6, 6.07) is 1.34. The average Bonchev–Trinajstić information content (AvgIpc) is 2.18. The van der Waals surface area contributed by atoms with E-state index in [0.29, 0.717) is 12.1 Å². The number of aromatic nitrogens is 1. The molecule has 0 saturated heterocycles. The standard InChI is InChI=1S/C11H14BrClN2O2/c1-11(2,3)10(12)5-8-9(15(16)17)4-7(13)6-14-8/h4,6,10H,5H2,1-3H3. The van der Waals surface area contributed by atoms with Crippen molar-refractivity contribution in [3.05, 3.63) is 33.1 Å².